The first-order valence-corrected chi connectivity index (χ1v) is 4.94. The molecule has 0 amide bonds. The number of hydrogen-bond donors (Lipinski definition) is 0. The summed E-state index contributed by atoms with van der Waals surface area (Å²) in [4.78, 5) is 0. The van der Waals surface area contributed by atoms with Crippen LogP contribution in [0.1, 0.15) is 30.4 Å². The van der Waals surface area contributed by atoms with Gasteiger partial charge >= 0.3 is 0 Å². The van der Waals surface area contributed by atoms with Crippen LogP contribution in [0.2, 0.25) is 0 Å². The molecule has 0 aliphatic rings. The summed E-state index contributed by atoms with van der Waals surface area (Å²) in [6.07, 6.45) is 1.01. The van der Waals surface area contributed by atoms with Gasteiger partial charge in [-0.15, -0.1) is 0 Å². The molecule has 0 N–H and O–H groups in total. The topological polar surface area (TPSA) is 0 Å². The van der Waals surface area contributed by atoms with Crippen LogP contribution in [0.4, 0.5) is 0 Å². The van der Waals surface area contributed by atoms with Crippen molar-refractivity contribution in [2.24, 2.45) is 0 Å². The van der Waals surface area contributed by atoms with Crippen molar-refractivity contribution in [2.75, 3.05) is 0 Å². The second kappa shape index (κ2) is 4.48. The zero-order valence-corrected chi connectivity index (χ0v) is 8.93. The smallest absolute Gasteiger partial charge is 0.0191 e. The van der Waals surface area contributed by atoms with Crippen molar-refractivity contribution in [3.8, 4) is 0 Å². The van der Waals surface area contributed by atoms with Crippen molar-refractivity contribution in [2.45, 2.75) is 26.2 Å². The quantitative estimate of drug-likeness (QED) is 0.675. The van der Waals surface area contributed by atoms with Crippen molar-refractivity contribution in [3.63, 3.8) is 0 Å². The number of hydrogen-bond acceptors (Lipinski definition) is 0. The van der Waals surface area contributed by atoms with E-state index in [1.165, 1.54) is 11.1 Å². The molecule has 13 heavy (non-hydrogen) atoms. The van der Waals surface area contributed by atoms with Crippen LogP contribution >= 0.6 is 11.6 Å². The van der Waals surface area contributed by atoms with Crippen molar-refractivity contribution in [3.05, 3.63) is 47.0 Å². The molecule has 0 heterocycles. The second-order valence-corrected chi connectivity index (χ2v) is 3.75. The van der Waals surface area contributed by atoms with Crippen molar-refractivity contribution in [1.82, 2.24) is 0 Å². The van der Waals surface area contributed by atoms with Gasteiger partial charge in [-0.05, 0) is 24.5 Å². The fraction of sp³-hybridized carbons (Fsp3) is 0.333. The lowest BCUT2D eigenvalue weighted by Crippen LogP contribution is -1.98. The molecule has 0 saturated heterocycles. The van der Waals surface area contributed by atoms with Gasteiger partial charge in [-0.25, -0.2) is 0 Å². The van der Waals surface area contributed by atoms with Gasteiger partial charge in [-0.2, -0.15) is 0 Å². The van der Waals surface area contributed by atoms with E-state index in [0.717, 1.165) is 11.5 Å². The highest BCUT2D eigenvalue weighted by Crippen LogP contribution is 2.30. The summed E-state index contributed by atoms with van der Waals surface area (Å²) in [5.74, 6) is 0.294. The zero-order valence-electron chi connectivity index (χ0n) is 8.18. The third kappa shape index (κ3) is 2.35. The van der Waals surface area contributed by atoms with Crippen LogP contribution in [-0.4, -0.2) is 0 Å². The van der Waals surface area contributed by atoms with Crippen LogP contribution in [-0.2, 0) is 0 Å². The SMILES string of the molecule is C=C(Cl)C(CC)c1ccccc1C. The molecule has 1 heteroatoms. The molecule has 0 spiro atoms. The molecule has 0 saturated carbocycles. The van der Waals surface area contributed by atoms with Crippen molar-refractivity contribution < 1.29 is 0 Å². The molecule has 1 aromatic rings. The van der Waals surface area contributed by atoms with Crippen LogP contribution < -0.4 is 0 Å². The molecule has 1 atom stereocenters. The Labute approximate surface area is 85.2 Å². The number of halogens is 1. The van der Waals surface area contributed by atoms with Crippen molar-refractivity contribution in [1.29, 1.82) is 0 Å². The molecule has 0 aromatic heterocycles. The average Bonchev–Trinajstić information content (AvgIpc) is 2.09. The third-order valence-corrected chi connectivity index (χ3v) is 2.61. The van der Waals surface area contributed by atoms with E-state index in [-0.39, 0.29) is 0 Å². The summed E-state index contributed by atoms with van der Waals surface area (Å²) < 4.78 is 0. The van der Waals surface area contributed by atoms with Gasteiger partial charge in [-0.3, -0.25) is 0 Å². The molecule has 0 fully saturated rings. The van der Waals surface area contributed by atoms with Crippen LogP contribution in [0, 0.1) is 6.92 Å². The van der Waals surface area contributed by atoms with Gasteiger partial charge in [0.05, 0.1) is 0 Å². The maximum atomic E-state index is 5.96. The molecule has 0 bridgehead atoms. The average molecular weight is 195 g/mol. The number of benzene rings is 1. The first-order valence-electron chi connectivity index (χ1n) is 4.56. The highest BCUT2D eigenvalue weighted by Gasteiger charge is 2.12. The third-order valence-electron chi connectivity index (χ3n) is 2.35. The fourth-order valence-corrected chi connectivity index (χ4v) is 1.86. The summed E-state index contributed by atoms with van der Waals surface area (Å²) in [7, 11) is 0. The Bertz CT molecular complexity index is 302. The van der Waals surface area contributed by atoms with Gasteiger partial charge < -0.3 is 0 Å². The predicted octanol–water partition coefficient (Wildman–Crippen LogP) is 4.24. The largest absolute Gasteiger partial charge is 0.0891 e. The van der Waals surface area contributed by atoms with E-state index in [2.05, 4.69) is 32.6 Å². The lowest BCUT2D eigenvalue weighted by molar-refractivity contribution is 0.788. The number of rotatable bonds is 3. The summed E-state index contributed by atoms with van der Waals surface area (Å²) in [5, 5.41) is 0.733. The Balaban J connectivity index is 3.04. The molecular formula is C12H15Cl. The molecule has 1 unspecified atom stereocenters. The van der Waals surface area contributed by atoms with Crippen LogP contribution in [0.15, 0.2) is 35.9 Å². The maximum Gasteiger partial charge on any atom is 0.0191 e. The van der Waals surface area contributed by atoms with Gasteiger partial charge in [0.15, 0.2) is 0 Å². The Morgan fingerprint density at radius 3 is 2.54 bits per heavy atom. The van der Waals surface area contributed by atoms with E-state index in [9.17, 15) is 0 Å². The normalized spacial score (nSPS) is 12.5. The predicted molar refractivity (Wildman–Crippen MR) is 59.2 cm³/mol. The minimum Gasteiger partial charge on any atom is -0.0891 e. The summed E-state index contributed by atoms with van der Waals surface area (Å²) in [6, 6.07) is 8.32. The van der Waals surface area contributed by atoms with Crippen molar-refractivity contribution >= 4 is 11.6 Å². The molecule has 0 radical (unpaired) electrons. The minimum absolute atomic E-state index is 0.294. The van der Waals surface area contributed by atoms with Crippen LogP contribution in [0.5, 0.6) is 0 Å². The lowest BCUT2D eigenvalue weighted by Gasteiger charge is -2.15. The van der Waals surface area contributed by atoms with Gasteiger partial charge in [0, 0.05) is 11.0 Å². The molecule has 70 valence electrons. The first kappa shape index (κ1) is 10.3. The Kier molecular flexibility index (Phi) is 3.56. The summed E-state index contributed by atoms with van der Waals surface area (Å²) in [5.41, 5.74) is 2.58. The molecule has 0 aliphatic heterocycles. The van der Waals surface area contributed by atoms with Gasteiger partial charge in [-0.1, -0.05) is 49.4 Å². The molecule has 1 aromatic carbocycles. The highest BCUT2D eigenvalue weighted by atomic mass is 35.5. The molecule has 0 aliphatic carbocycles. The van der Waals surface area contributed by atoms with Crippen LogP contribution in [0.25, 0.3) is 0 Å². The lowest BCUT2D eigenvalue weighted by atomic mass is 9.93. The van der Waals surface area contributed by atoms with E-state index < -0.39 is 0 Å². The van der Waals surface area contributed by atoms with Gasteiger partial charge in [0.1, 0.15) is 0 Å². The monoisotopic (exact) mass is 194 g/mol. The van der Waals surface area contributed by atoms with E-state index in [1.54, 1.807) is 0 Å². The molecular weight excluding hydrogens is 180 g/mol. The Hall–Kier alpha value is -0.750. The van der Waals surface area contributed by atoms with Crippen LogP contribution in [0.3, 0.4) is 0 Å². The zero-order chi connectivity index (χ0) is 9.84. The Morgan fingerprint density at radius 2 is 2.08 bits per heavy atom. The van der Waals surface area contributed by atoms with E-state index >= 15 is 0 Å². The fourth-order valence-electron chi connectivity index (χ4n) is 1.59. The summed E-state index contributed by atoms with van der Waals surface area (Å²) in [6.45, 7) is 8.05. The first-order chi connectivity index (χ1) is 6.16. The van der Waals surface area contributed by atoms with Gasteiger partial charge in [0.25, 0.3) is 0 Å². The maximum absolute atomic E-state index is 5.96. The number of aryl methyl sites for hydroxylation is 1. The van der Waals surface area contributed by atoms with Gasteiger partial charge in [0.2, 0.25) is 0 Å². The number of allylic oxidation sites excluding steroid dienone is 1. The minimum atomic E-state index is 0.294. The van der Waals surface area contributed by atoms with E-state index in [4.69, 9.17) is 11.6 Å². The molecule has 0 nitrogen and oxygen atoms in total. The summed E-state index contributed by atoms with van der Waals surface area (Å²) >= 11 is 5.96. The van der Waals surface area contributed by atoms with E-state index in [1.807, 2.05) is 12.1 Å². The van der Waals surface area contributed by atoms with E-state index in [0.29, 0.717) is 5.92 Å². The second-order valence-electron chi connectivity index (χ2n) is 3.26. The molecule has 1 rings (SSSR count). The standard InChI is InChI=1S/C12H15Cl/c1-4-11(10(3)13)12-8-6-5-7-9(12)2/h5-8,11H,3-4H2,1-2H3. The highest BCUT2D eigenvalue weighted by molar-refractivity contribution is 6.30. The Morgan fingerprint density at radius 1 is 1.46 bits per heavy atom.